The van der Waals surface area contributed by atoms with Gasteiger partial charge in [-0.3, -0.25) is 9.72 Å². The van der Waals surface area contributed by atoms with Gasteiger partial charge in [0.1, 0.15) is 12.1 Å². The number of anilines is 2. The highest BCUT2D eigenvalue weighted by molar-refractivity contribution is 6.02. The number of amides is 2. The number of carboxylic acid groups (broad SMARTS) is 1. The highest BCUT2D eigenvalue weighted by atomic mass is 16.4. The van der Waals surface area contributed by atoms with E-state index in [0.29, 0.717) is 11.5 Å². The van der Waals surface area contributed by atoms with Crippen molar-refractivity contribution in [3.63, 3.8) is 0 Å². The smallest absolute Gasteiger partial charge is 0.335 e. The molecule has 4 rings (SSSR count). The van der Waals surface area contributed by atoms with Crippen molar-refractivity contribution < 1.29 is 14.7 Å². The summed E-state index contributed by atoms with van der Waals surface area (Å²) in [6.45, 7) is 0. The number of pyridine rings is 1. The lowest BCUT2D eigenvalue weighted by molar-refractivity contribution is 0.0697. The fourth-order valence-corrected chi connectivity index (χ4v) is 2.94. The Kier molecular flexibility index (Phi) is 4.47. The SMILES string of the molecule is O=C(Nc1ccc(C(=O)O)cc1)Nc1c(-c2ccccc2)ccc2cncn12. The number of carbonyl (C=O) groups is 2. The largest absolute Gasteiger partial charge is 0.478 e. The van der Waals surface area contributed by atoms with Crippen LogP contribution in [0.5, 0.6) is 0 Å². The van der Waals surface area contributed by atoms with Gasteiger partial charge in [-0.2, -0.15) is 0 Å². The van der Waals surface area contributed by atoms with E-state index in [4.69, 9.17) is 5.11 Å². The molecule has 0 saturated carbocycles. The number of fused-ring (bicyclic) bond motifs is 1. The van der Waals surface area contributed by atoms with Gasteiger partial charge in [0, 0.05) is 11.3 Å². The van der Waals surface area contributed by atoms with Crippen LogP contribution in [-0.4, -0.2) is 26.5 Å². The molecule has 7 heteroatoms. The second kappa shape index (κ2) is 7.24. The maximum absolute atomic E-state index is 12.6. The third kappa shape index (κ3) is 3.41. The van der Waals surface area contributed by atoms with Crippen LogP contribution >= 0.6 is 0 Å². The summed E-state index contributed by atoms with van der Waals surface area (Å²) in [4.78, 5) is 27.7. The molecule has 0 fully saturated rings. The van der Waals surface area contributed by atoms with E-state index in [0.717, 1.165) is 16.6 Å². The summed E-state index contributed by atoms with van der Waals surface area (Å²) >= 11 is 0. The van der Waals surface area contributed by atoms with E-state index in [2.05, 4.69) is 15.6 Å². The molecular weight excluding hydrogens is 356 g/mol. The van der Waals surface area contributed by atoms with Gasteiger partial charge in [0.2, 0.25) is 0 Å². The first-order valence-corrected chi connectivity index (χ1v) is 8.54. The summed E-state index contributed by atoms with van der Waals surface area (Å²) in [6, 6.07) is 19.1. The van der Waals surface area contributed by atoms with Gasteiger partial charge < -0.3 is 10.4 Å². The zero-order valence-electron chi connectivity index (χ0n) is 14.7. The number of hydrogen-bond donors (Lipinski definition) is 3. The molecule has 0 radical (unpaired) electrons. The highest BCUT2D eigenvalue weighted by Crippen LogP contribution is 2.29. The summed E-state index contributed by atoms with van der Waals surface area (Å²) in [7, 11) is 0. The zero-order chi connectivity index (χ0) is 19.5. The lowest BCUT2D eigenvalue weighted by Crippen LogP contribution is -2.21. The van der Waals surface area contributed by atoms with Gasteiger partial charge in [0.25, 0.3) is 0 Å². The molecule has 2 aromatic heterocycles. The molecule has 0 saturated heterocycles. The van der Waals surface area contributed by atoms with Crippen molar-refractivity contribution >= 4 is 29.0 Å². The first kappa shape index (κ1) is 17.3. The Hall–Kier alpha value is -4.13. The average Bonchev–Trinajstić information content (AvgIpc) is 3.18. The van der Waals surface area contributed by atoms with Crippen LogP contribution in [0.2, 0.25) is 0 Å². The lowest BCUT2D eigenvalue weighted by atomic mass is 10.1. The van der Waals surface area contributed by atoms with E-state index in [-0.39, 0.29) is 5.56 Å². The Morgan fingerprint density at radius 1 is 0.893 bits per heavy atom. The van der Waals surface area contributed by atoms with Crippen molar-refractivity contribution in [2.24, 2.45) is 0 Å². The summed E-state index contributed by atoms with van der Waals surface area (Å²) in [5.74, 6) is -0.434. The van der Waals surface area contributed by atoms with Crippen molar-refractivity contribution in [2.45, 2.75) is 0 Å². The number of imidazole rings is 1. The first-order chi connectivity index (χ1) is 13.6. The highest BCUT2D eigenvalue weighted by Gasteiger charge is 2.13. The zero-order valence-corrected chi connectivity index (χ0v) is 14.7. The molecule has 138 valence electrons. The molecule has 3 N–H and O–H groups in total. The number of nitrogens with one attached hydrogen (secondary N) is 2. The van der Waals surface area contributed by atoms with Gasteiger partial charge >= 0.3 is 12.0 Å². The Morgan fingerprint density at radius 2 is 1.64 bits per heavy atom. The van der Waals surface area contributed by atoms with Crippen LogP contribution in [-0.2, 0) is 0 Å². The van der Waals surface area contributed by atoms with Crippen molar-refractivity contribution in [3.8, 4) is 11.1 Å². The van der Waals surface area contributed by atoms with Gasteiger partial charge in [0.15, 0.2) is 0 Å². The molecular formula is C21H16N4O3. The van der Waals surface area contributed by atoms with E-state index in [1.165, 1.54) is 12.1 Å². The molecule has 28 heavy (non-hydrogen) atoms. The number of carbonyl (C=O) groups excluding carboxylic acids is 1. The number of benzene rings is 2. The number of aromatic carboxylic acids is 1. The molecule has 2 amide bonds. The molecule has 0 aliphatic heterocycles. The third-order valence-corrected chi connectivity index (χ3v) is 4.29. The fourth-order valence-electron chi connectivity index (χ4n) is 2.94. The second-order valence-electron chi connectivity index (χ2n) is 6.11. The predicted octanol–water partition coefficient (Wildman–Crippen LogP) is 4.34. The quantitative estimate of drug-likeness (QED) is 0.496. The van der Waals surface area contributed by atoms with Crippen LogP contribution in [0.3, 0.4) is 0 Å². The molecule has 0 spiro atoms. The number of rotatable bonds is 4. The molecule has 0 bridgehead atoms. The lowest BCUT2D eigenvalue weighted by Gasteiger charge is -2.14. The summed E-state index contributed by atoms with van der Waals surface area (Å²) < 4.78 is 1.80. The molecule has 2 heterocycles. The number of aromatic nitrogens is 2. The van der Waals surface area contributed by atoms with Crippen LogP contribution in [0.15, 0.2) is 79.3 Å². The first-order valence-electron chi connectivity index (χ1n) is 8.54. The summed E-state index contributed by atoms with van der Waals surface area (Å²) in [5.41, 5.74) is 3.30. The standard InChI is InChI=1S/C21H16N4O3/c26-20(27)15-6-8-16(9-7-15)23-21(28)24-19-18(14-4-2-1-3-5-14)11-10-17-12-22-13-25(17)19/h1-13H,(H,26,27)(H2,23,24,28). The minimum Gasteiger partial charge on any atom is -0.478 e. The Labute approximate surface area is 160 Å². The van der Waals surface area contributed by atoms with Gasteiger partial charge in [-0.15, -0.1) is 0 Å². The number of nitrogens with zero attached hydrogens (tertiary/aromatic N) is 2. The molecule has 0 aliphatic carbocycles. The number of urea groups is 1. The molecule has 4 aromatic rings. The van der Waals surface area contributed by atoms with Crippen molar-refractivity contribution in [2.75, 3.05) is 10.6 Å². The summed E-state index contributed by atoms with van der Waals surface area (Å²) in [6.07, 6.45) is 3.35. The summed E-state index contributed by atoms with van der Waals surface area (Å²) in [5, 5.41) is 14.6. The maximum atomic E-state index is 12.6. The van der Waals surface area contributed by atoms with Crippen LogP contribution in [0.4, 0.5) is 16.3 Å². The second-order valence-corrected chi connectivity index (χ2v) is 6.11. The van der Waals surface area contributed by atoms with E-state index in [1.807, 2.05) is 42.5 Å². The Bertz CT molecular complexity index is 1150. The van der Waals surface area contributed by atoms with Crippen molar-refractivity contribution in [1.82, 2.24) is 9.38 Å². The average molecular weight is 372 g/mol. The number of hydrogen-bond acceptors (Lipinski definition) is 3. The number of carboxylic acids is 1. The molecule has 7 nitrogen and oxygen atoms in total. The van der Waals surface area contributed by atoms with E-state index >= 15 is 0 Å². The van der Waals surface area contributed by atoms with Crippen molar-refractivity contribution in [3.05, 3.63) is 84.8 Å². The molecule has 0 unspecified atom stereocenters. The fraction of sp³-hybridized carbons (Fsp3) is 0. The van der Waals surface area contributed by atoms with Crippen molar-refractivity contribution in [1.29, 1.82) is 0 Å². The molecule has 0 aliphatic rings. The van der Waals surface area contributed by atoms with Crippen LogP contribution in [0.1, 0.15) is 10.4 Å². The van der Waals surface area contributed by atoms with Crippen LogP contribution < -0.4 is 10.6 Å². The van der Waals surface area contributed by atoms with E-state index in [9.17, 15) is 9.59 Å². The van der Waals surface area contributed by atoms with Gasteiger partial charge in [-0.05, 0) is 42.0 Å². The maximum Gasteiger partial charge on any atom is 0.335 e. The molecule has 2 aromatic carbocycles. The normalized spacial score (nSPS) is 10.6. The van der Waals surface area contributed by atoms with Gasteiger partial charge in [-0.25, -0.2) is 14.6 Å². The van der Waals surface area contributed by atoms with Gasteiger partial charge in [-0.1, -0.05) is 30.3 Å². The van der Waals surface area contributed by atoms with Gasteiger partial charge in [0.05, 0.1) is 17.3 Å². The van der Waals surface area contributed by atoms with Crippen LogP contribution in [0.25, 0.3) is 16.6 Å². The predicted molar refractivity (Wildman–Crippen MR) is 107 cm³/mol. The molecule has 0 atom stereocenters. The van der Waals surface area contributed by atoms with E-state index in [1.54, 1.807) is 29.1 Å². The van der Waals surface area contributed by atoms with Crippen LogP contribution in [0, 0.1) is 0 Å². The monoisotopic (exact) mass is 372 g/mol. The Morgan fingerprint density at radius 3 is 2.36 bits per heavy atom. The minimum absolute atomic E-state index is 0.153. The topological polar surface area (TPSA) is 95.7 Å². The third-order valence-electron chi connectivity index (χ3n) is 4.29. The minimum atomic E-state index is -1.02. The Balaban J connectivity index is 1.64. The van der Waals surface area contributed by atoms with E-state index < -0.39 is 12.0 Å².